The minimum Gasteiger partial charge on any atom is -0.339 e. The van der Waals surface area contributed by atoms with Crippen LogP contribution in [0.25, 0.3) is 0 Å². The molecule has 0 saturated heterocycles. The van der Waals surface area contributed by atoms with E-state index in [1.807, 2.05) is 6.92 Å². The molecule has 22 heavy (non-hydrogen) atoms. The van der Waals surface area contributed by atoms with Crippen molar-refractivity contribution in [3.63, 3.8) is 0 Å². The Hall–Kier alpha value is -1.13. The molecule has 0 radical (unpaired) electrons. The van der Waals surface area contributed by atoms with E-state index >= 15 is 0 Å². The molecule has 1 aliphatic carbocycles. The highest BCUT2D eigenvalue weighted by Crippen LogP contribution is 2.28. The van der Waals surface area contributed by atoms with Crippen LogP contribution < -0.4 is 5.73 Å². The average molecular weight is 329 g/mol. The molecule has 0 bridgehead atoms. The zero-order chi connectivity index (χ0) is 15.4. The number of hydrogen-bond acceptors (Lipinski definition) is 2. The zero-order valence-corrected chi connectivity index (χ0v) is 14.1. The van der Waals surface area contributed by atoms with Crippen LogP contribution in [-0.4, -0.2) is 23.9 Å². The zero-order valence-electron chi connectivity index (χ0n) is 13.3. The van der Waals surface area contributed by atoms with E-state index in [4.69, 9.17) is 5.73 Å². The van der Waals surface area contributed by atoms with Crippen molar-refractivity contribution in [2.45, 2.75) is 51.1 Å². The van der Waals surface area contributed by atoms with E-state index in [0.717, 1.165) is 25.7 Å². The van der Waals surface area contributed by atoms with Crippen LogP contribution in [0.15, 0.2) is 24.3 Å². The maximum absolute atomic E-state index is 13.8. The van der Waals surface area contributed by atoms with Crippen LogP contribution >= 0.6 is 12.4 Å². The quantitative estimate of drug-likeness (QED) is 0.916. The maximum Gasteiger partial charge on any atom is 0.223 e. The first-order valence-corrected chi connectivity index (χ1v) is 7.76. The second-order valence-corrected chi connectivity index (χ2v) is 6.11. The van der Waals surface area contributed by atoms with Gasteiger partial charge in [0, 0.05) is 25.1 Å². The molecule has 124 valence electrons. The molecule has 1 fully saturated rings. The highest BCUT2D eigenvalue weighted by Gasteiger charge is 2.27. The number of halogens is 2. The van der Waals surface area contributed by atoms with Gasteiger partial charge in [-0.1, -0.05) is 31.0 Å². The summed E-state index contributed by atoms with van der Waals surface area (Å²) in [6.45, 7) is 1.86. The average Bonchev–Trinajstić information content (AvgIpc) is 2.48. The molecule has 3 nitrogen and oxygen atoms in total. The first-order valence-electron chi connectivity index (χ1n) is 7.76. The molecular formula is C17H26ClFN2O. The van der Waals surface area contributed by atoms with Crippen molar-refractivity contribution in [1.82, 2.24) is 4.90 Å². The number of rotatable bonds is 4. The molecule has 0 heterocycles. The fraction of sp³-hybridized carbons (Fsp3) is 0.588. The van der Waals surface area contributed by atoms with E-state index in [-0.39, 0.29) is 42.1 Å². The van der Waals surface area contributed by atoms with Crippen LogP contribution in [0.2, 0.25) is 0 Å². The molecular weight excluding hydrogens is 303 g/mol. The Bertz CT molecular complexity index is 497. The number of amides is 1. The lowest BCUT2D eigenvalue weighted by Crippen LogP contribution is -2.38. The number of carbonyl (C=O) groups excluding carboxylic acids is 1. The van der Waals surface area contributed by atoms with Crippen molar-refractivity contribution >= 4 is 18.3 Å². The van der Waals surface area contributed by atoms with Gasteiger partial charge in [0.25, 0.3) is 0 Å². The van der Waals surface area contributed by atoms with Gasteiger partial charge in [-0.05, 0) is 31.7 Å². The Labute approximate surface area is 138 Å². The summed E-state index contributed by atoms with van der Waals surface area (Å²) < 4.78 is 13.8. The predicted molar refractivity (Wildman–Crippen MR) is 89.4 cm³/mol. The Morgan fingerprint density at radius 1 is 1.36 bits per heavy atom. The minimum atomic E-state index is -0.265. The van der Waals surface area contributed by atoms with Crippen LogP contribution in [0.5, 0.6) is 0 Å². The van der Waals surface area contributed by atoms with E-state index in [0.29, 0.717) is 12.0 Å². The number of hydrogen-bond donors (Lipinski definition) is 1. The molecule has 3 atom stereocenters. The maximum atomic E-state index is 13.8. The molecule has 3 unspecified atom stereocenters. The fourth-order valence-corrected chi connectivity index (χ4v) is 3.10. The molecule has 1 aromatic carbocycles. The molecule has 0 spiro atoms. The highest BCUT2D eigenvalue weighted by molar-refractivity contribution is 5.85. The normalized spacial score (nSPS) is 22.5. The van der Waals surface area contributed by atoms with Crippen molar-refractivity contribution in [3.8, 4) is 0 Å². The number of benzene rings is 1. The SMILES string of the molecule is CC(c1ccccc1F)N(C)C(=O)CC1CCCCC1N.Cl. The van der Waals surface area contributed by atoms with Gasteiger partial charge in [-0.3, -0.25) is 4.79 Å². The lowest BCUT2D eigenvalue weighted by molar-refractivity contribution is -0.133. The molecule has 2 rings (SSSR count). The molecule has 5 heteroatoms. The fourth-order valence-electron chi connectivity index (χ4n) is 3.10. The number of nitrogens with two attached hydrogens (primary N) is 1. The molecule has 1 aliphatic rings. The summed E-state index contributed by atoms with van der Waals surface area (Å²) in [5.74, 6) is 0.0497. The smallest absolute Gasteiger partial charge is 0.223 e. The first kappa shape index (κ1) is 18.9. The molecule has 1 saturated carbocycles. The largest absolute Gasteiger partial charge is 0.339 e. The van der Waals surface area contributed by atoms with E-state index in [2.05, 4.69) is 0 Å². The van der Waals surface area contributed by atoms with Gasteiger partial charge in [0.05, 0.1) is 6.04 Å². The third-order valence-electron chi connectivity index (χ3n) is 4.73. The van der Waals surface area contributed by atoms with Gasteiger partial charge in [0.15, 0.2) is 0 Å². The summed E-state index contributed by atoms with van der Waals surface area (Å²) in [5.41, 5.74) is 6.66. The molecule has 1 amide bonds. The molecule has 2 N–H and O–H groups in total. The van der Waals surface area contributed by atoms with Crippen LogP contribution in [-0.2, 0) is 4.79 Å². The van der Waals surface area contributed by atoms with Gasteiger partial charge in [-0.15, -0.1) is 12.4 Å². The number of nitrogens with zero attached hydrogens (tertiary/aromatic N) is 1. The summed E-state index contributed by atoms with van der Waals surface area (Å²) in [6, 6.07) is 6.48. The summed E-state index contributed by atoms with van der Waals surface area (Å²) in [6.07, 6.45) is 4.81. The molecule has 0 aliphatic heterocycles. The van der Waals surface area contributed by atoms with Crippen LogP contribution in [0.3, 0.4) is 0 Å². The Morgan fingerprint density at radius 3 is 2.64 bits per heavy atom. The van der Waals surface area contributed by atoms with Crippen molar-refractivity contribution < 1.29 is 9.18 Å². The van der Waals surface area contributed by atoms with Crippen molar-refractivity contribution in [3.05, 3.63) is 35.6 Å². The second-order valence-electron chi connectivity index (χ2n) is 6.11. The lowest BCUT2D eigenvalue weighted by Gasteiger charge is -2.31. The van der Waals surface area contributed by atoms with Crippen molar-refractivity contribution in [2.24, 2.45) is 11.7 Å². The highest BCUT2D eigenvalue weighted by atomic mass is 35.5. The standard InChI is InChI=1S/C17H25FN2O.ClH/c1-12(14-8-4-5-9-15(14)18)20(2)17(21)11-13-7-3-6-10-16(13)19;/h4-5,8-9,12-13,16H,3,6-7,10-11,19H2,1-2H3;1H. The van der Waals surface area contributed by atoms with Gasteiger partial charge in [0.2, 0.25) is 5.91 Å². The topological polar surface area (TPSA) is 46.3 Å². The summed E-state index contributed by atoms with van der Waals surface area (Å²) >= 11 is 0. The van der Waals surface area contributed by atoms with Gasteiger partial charge in [-0.2, -0.15) is 0 Å². The monoisotopic (exact) mass is 328 g/mol. The minimum absolute atomic E-state index is 0. The van der Waals surface area contributed by atoms with E-state index < -0.39 is 0 Å². The predicted octanol–water partition coefficient (Wildman–Crippen LogP) is 3.67. The van der Waals surface area contributed by atoms with Crippen LogP contribution in [0.4, 0.5) is 4.39 Å². The van der Waals surface area contributed by atoms with Crippen molar-refractivity contribution in [1.29, 1.82) is 0 Å². The van der Waals surface area contributed by atoms with Gasteiger partial charge < -0.3 is 10.6 Å². The summed E-state index contributed by atoms with van der Waals surface area (Å²) in [4.78, 5) is 14.1. The first-order chi connectivity index (χ1) is 10.0. The van der Waals surface area contributed by atoms with E-state index in [1.54, 1.807) is 30.1 Å². The summed E-state index contributed by atoms with van der Waals surface area (Å²) in [5, 5.41) is 0. The van der Waals surface area contributed by atoms with Gasteiger partial charge in [0.1, 0.15) is 5.82 Å². The molecule has 0 aromatic heterocycles. The second kappa shape index (κ2) is 8.49. The Balaban J connectivity index is 0.00000242. The van der Waals surface area contributed by atoms with Gasteiger partial charge in [-0.25, -0.2) is 4.39 Å². The number of carbonyl (C=O) groups is 1. The Morgan fingerprint density at radius 2 is 2.00 bits per heavy atom. The van der Waals surface area contributed by atoms with Crippen LogP contribution in [0, 0.1) is 11.7 Å². The summed E-state index contributed by atoms with van der Waals surface area (Å²) in [7, 11) is 1.74. The van der Waals surface area contributed by atoms with E-state index in [1.165, 1.54) is 6.07 Å². The van der Waals surface area contributed by atoms with Crippen molar-refractivity contribution in [2.75, 3.05) is 7.05 Å². The third kappa shape index (κ3) is 4.43. The lowest BCUT2D eigenvalue weighted by atomic mass is 9.82. The van der Waals surface area contributed by atoms with Gasteiger partial charge >= 0.3 is 0 Å². The van der Waals surface area contributed by atoms with Crippen LogP contribution in [0.1, 0.15) is 50.6 Å². The third-order valence-corrected chi connectivity index (χ3v) is 4.73. The molecule has 1 aromatic rings. The Kier molecular flexibility index (Phi) is 7.30. The van der Waals surface area contributed by atoms with E-state index in [9.17, 15) is 9.18 Å².